The van der Waals surface area contributed by atoms with E-state index in [2.05, 4.69) is 26.8 Å². The number of para-hydroxylation sites is 1. The third-order valence-corrected chi connectivity index (χ3v) is 6.02. The minimum Gasteiger partial charge on any atom is -0.376 e. The zero-order chi connectivity index (χ0) is 16.9. The number of aromatic nitrogens is 4. The van der Waals surface area contributed by atoms with Gasteiger partial charge in [0.2, 0.25) is 5.13 Å². The molecule has 1 unspecified atom stereocenters. The molecule has 2 aromatic heterocycles. The Balaban J connectivity index is 1.29. The predicted octanol–water partition coefficient (Wildman–Crippen LogP) is 3.61. The monoisotopic (exact) mass is 373 g/mol. The number of thioether (sulfide) groups is 1. The van der Waals surface area contributed by atoms with Gasteiger partial charge in [0, 0.05) is 30.7 Å². The first-order chi connectivity index (χ1) is 12.4. The maximum atomic E-state index is 5.61. The Bertz CT molecular complexity index is 798. The molecule has 4 rings (SSSR count). The van der Waals surface area contributed by atoms with Crippen molar-refractivity contribution in [3.8, 4) is 5.69 Å². The molecule has 1 aliphatic heterocycles. The quantitative estimate of drug-likeness (QED) is 0.638. The minimum absolute atomic E-state index is 0.309. The largest absolute Gasteiger partial charge is 0.376 e. The van der Waals surface area contributed by atoms with Crippen molar-refractivity contribution in [3.63, 3.8) is 0 Å². The lowest BCUT2D eigenvalue weighted by molar-refractivity contribution is 0.120. The van der Waals surface area contributed by atoms with E-state index in [1.165, 1.54) is 0 Å². The van der Waals surface area contributed by atoms with Gasteiger partial charge in [0.25, 0.3) is 0 Å². The molecule has 0 bridgehead atoms. The number of hydrogen-bond acceptors (Lipinski definition) is 7. The van der Waals surface area contributed by atoms with E-state index < -0.39 is 0 Å². The number of anilines is 1. The Morgan fingerprint density at radius 2 is 2.20 bits per heavy atom. The number of nitrogens with zero attached hydrogens (tertiary/aromatic N) is 4. The smallest absolute Gasteiger partial charge is 0.206 e. The summed E-state index contributed by atoms with van der Waals surface area (Å²) in [6, 6.07) is 10.1. The molecule has 1 aliphatic rings. The normalized spacial score (nSPS) is 17.0. The molecular weight excluding hydrogens is 354 g/mol. The number of hydrogen-bond donors (Lipinski definition) is 1. The van der Waals surface area contributed by atoms with Gasteiger partial charge in [-0.3, -0.25) is 0 Å². The number of nitrogens with one attached hydrogen (secondary N) is 1. The molecule has 0 spiro atoms. The van der Waals surface area contributed by atoms with Gasteiger partial charge in [-0.2, -0.15) is 5.10 Å². The first kappa shape index (κ1) is 16.6. The van der Waals surface area contributed by atoms with Crippen LogP contribution in [-0.4, -0.2) is 39.2 Å². The van der Waals surface area contributed by atoms with Crippen LogP contribution in [0.25, 0.3) is 5.69 Å². The molecule has 25 heavy (non-hydrogen) atoms. The number of rotatable bonds is 7. The van der Waals surface area contributed by atoms with E-state index in [9.17, 15) is 0 Å². The molecule has 1 N–H and O–H groups in total. The molecule has 1 saturated heterocycles. The Labute approximate surface area is 154 Å². The third kappa shape index (κ3) is 4.39. The van der Waals surface area contributed by atoms with Gasteiger partial charge < -0.3 is 10.1 Å². The third-order valence-electron chi connectivity index (χ3n) is 3.93. The molecule has 1 aromatic carbocycles. The molecule has 3 aromatic rings. The standard InChI is InChI=1S/C17H19N5OS2/c1-2-5-14(6-3-1)22-11-13(9-19-22)12-24-17-21-20-16(25-17)18-10-15-7-4-8-23-15/h1-3,5-6,9,11,15H,4,7-8,10,12H2,(H,18,20). The van der Waals surface area contributed by atoms with Gasteiger partial charge in [-0.1, -0.05) is 41.3 Å². The van der Waals surface area contributed by atoms with Crippen molar-refractivity contribution in [3.05, 3.63) is 48.3 Å². The van der Waals surface area contributed by atoms with Crippen LogP contribution in [0.15, 0.2) is 47.1 Å². The first-order valence-corrected chi connectivity index (χ1v) is 10.1. The lowest BCUT2D eigenvalue weighted by atomic mass is 10.2. The van der Waals surface area contributed by atoms with Gasteiger partial charge in [0.15, 0.2) is 4.34 Å². The molecule has 1 atom stereocenters. The molecule has 0 saturated carbocycles. The van der Waals surface area contributed by atoms with Crippen molar-refractivity contribution < 1.29 is 4.74 Å². The second-order valence-corrected chi connectivity index (χ2v) is 8.01. The van der Waals surface area contributed by atoms with E-state index in [0.717, 1.165) is 52.5 Å². The maximum Gasteiger partial charge on any atom is 0.206 e. The Morgan fingerprint density at radius 3 is 3.04 bits per heavy atom. The average Bonchev–Trinajstić information content (AvgIpc) is 3.40. The fraction of sp³-hybridized carbons (Fsp3) is 0.353. The summed E-state index contributed by atoms with van der Waals surface area (Å²) in [7, 11) is 0. The van der Waals surface area contributed by atoms with Crippen LogP contribution in [0, 0.1) is 0 Å². The molecule has 1 fully saturated rings. The van der Waals surface area contributed by atoms with E-state index in [0.29, 0.717) is 6.10 Å². The molecule has 0 aliphatic carbocycles. The summed E-state index contributed by atoms with van der Waals surface area (Å²) < 4.78 is 8.46. The highest BCUT2D eigenvalue weighted by Crippen LogP contribution is 2.28. The van der Waals surface area contributed by atoms with Crippen LogP contribution >= 0.6 is 23.1 Å². The maximum absolute atomic E-state index is 5.61. The molecule has 8 heteroatoms. The highest BCUT2D eigenvalue weighted by Gasteiger charge is 2.16. The number of benzene rings is 1. The topological polar surface area (TPSA) is 64.9 Å². The van der Waals surface area contributed by atoms with Crippen LogP contribution in [0.4, 0.5) is 5.13 Å². The van der Waals surface area contributed by atoms with Crippen molar-refractivity contribution in [1.82, 2.24) is 20.0 Å². The summed E-state index contributed by atoms with van der Waals surface area (Å²) in [5.74, 6) is 0.827. The highest BCUT2D eigenvalue weighted by atomic mass is 32.2. The second-order valence-electron chi connectivity index (χ2n) is 5.81. The van der Waals surface area contributed by atoms with Crippen LogP contribution in [0.1, 0.15) is 18.4 Å². The Hall–Kier alpha value is -1.90. The van der Waals surface area contributed by atoms with Crippen molar-refractivity contribution in [2.75, 3.05) is 18.5 Å². The SMILES string of the molecule is c1ccc(-n2cc(CSc3nnc(NCC4CCCO4)s3)cn2)cc1. The fourth-order valence-corrected chi connectivity index (χ4v) is 4.32. The van der Waals surface area contributed by atoms with Crippen molar-refractivity contribution in [2.24, 2.45) is 0 Å². The molecule has 130 valence electrons. The summed E-state index contributed by atoms with van der Waals surface area (Å²) in [5.41, 5.74) is 2.23. The van der Waals surface area contributed by atoms with Gasteiger partial charge in [-0.25, -0.2) is 4.68 Å². The Kier molecular flexibility index (Phi) is 5.29. The zero-order valence-corrected chi connectivity index (χ0v) is 15.3. The Morgan fingerprint density at radius 1 is 1.28 bits per heavy atom. The van der Waals surface area contributed by atoms with Gasteiger partial charge in [-0.15, -0.1) is 10.2 Å². The van der Waals surface area contributed by atoms with Crippen molar-refractivity contribution >= 4 is 28.2 Å². The second kappa shape index (κ2) is 7.99. The van der Waals surface area contributed by atoms with Gasteiger partial charge in [0.05, 0.1) is 18.0 Å². The molecular formula is C17H19N5OS2. The minimum atomic E-state index is 0.309. The van der Waals surface area contributed by atoms with Crippen molar-refractivity contribution in [2.45, 2.75) is 29.0 Å². The summed E-state index contributed by atoms with van der Waals surface area (Å²) >= 11 is 3.27. The van der Waals surface area contributed by atoms with E-state index in [-0.39, 0.29) is 0 Å². The zero-order valence-electron chi connectivity index (χ0n) is 13.7. The first-order valence-electron chi connectivity index (χ1n) is 8.27. The van der Waals surface area contributed by atoms with Crippen LogP contribution in [-0.2, 0) is 10.5 Å². The van der Waals surface area contributed by atoms with E-state index in [1.54, 1.807) is 23.1 Å². The van der Waals surface area contributed by atoms with Crippen LogP contribution in [0.2, 0.25) is 0 Å². The number of ether oxygens (including phenoxy) is 1. The van der Waals surface area contributed by atoms with Crippen molar-refractivity contribution in [1.29, 1.82) is 0 Å². The lowest BCUT2D eigenvalue weighted by Gasteiger charge is -2.08. The van der Waals surface area contributed by atoms with Crippen LogP contribution in [0.3, 0.4) is 0 Å². The highest BCUT2D eigenvalue weighted by molar-refractivity contribution is 8.00. The summed E-state index contributed by atoms with van der Waals surface area (Å²) in [5, 5.41) is 17.0. The average molecular weight is 374 g/mol. The summed E-state index contributed by atoms with van der Waals surface area (Å²) in [6.07, 6.45) is 6.54. The molecule has 3 heterocycles. The molecule has 0 amide bonds. The summed E-state index contributed by atoms with van der Waals surface area (Å²) in [6.45, 7) is 1.68. The molecule has 6 nitrogen and oxygen atoms in total. The van der Waals surface area contributed by atoms with E-state index in [1.807, 2.05) is 41.2 Å². The lowest BCUT2D eigenvalue weighted by Crippen LogP contribution is -2.18. The van der Waals surface area contributed by atoms with E-state index in [4.69, 9.17) is 4.74 Å². The fourth-order valence-electron chi connectivity index (χ4n) is 2.65. The van der Waals surface area contributed by atoms with Gasteiger partial charge in [0.1, 0.15) is 0 Å². The summed E-state index contributed by atoms with van der Waals surface area (Å²) in [4.78, 5) is 0. The predicted molar refractivity (Wildman–Crippen MR) is 100 cm³/mol. The molecule has 0 radical (unpaired) electrons. The van der Waals surface area contributed by atoms with Gasteiger partial charge in [-0.05, 0) is 25.0 Å². The van der Waals surface area contributed by atoms with Crippen LogP contribution < -0.4 is 5.32 Å². The van der Waals surface area contributed by atoms with Gasteiger partial charge >= 0.3 is 0 Å². The van der Waals surface area contributed by atoms with Crippen LogP contribution in [0.5, 0.6) is 0 Å². The van der Waals surface area contributed by atoms with E-state index >= 15 is 0 Å².